The second-order valence-corrected chi connectivity index (χ2v) is 5.82. The summed E-state index contributed by atoms with van der Waals surface area (Å²) >= 11 is 0. The van der Waals surface area contributed by atoms with Crippen LogP contribution < -0.4 is 5.32 Å². The van der Waals surface area contributed by atoms with Crippen LogP contribution in [0.4, 0.5) is 0 Å². The molecule has 0 aliphatic heterocycles. The summed E-state index contributed by atoms with van der Waals surface area (Å²) in [6.07, 6.45) is 3.16. The topological polar surface area (TPSA) is 32.3 Å². The predicted octanol–water partition coefficient (Wildman–Crippen LogP) is 3.14. The Balaban J connectivity index is 1.88. The first-order chi connectivity index (χ1) is 8.68. The summed E-state index contributed by atoms with van der Waals surface area (Å²) < 4.78 is 0. The maximum absolute atomic E-state index is 10.5. The van der Waals surface area contributed by atoms with Gasteiger partial charge < -0.3 is 10.4 Å². The number of nitrogens with one attached hydrogen (secondary N) is 1. The van der Waals surface area contributed by atoms with Crippen molar-refractivity contribution in [3.63, 3.8) is 0 Å². The van der Waals surface area contributed by atoms with Crippen molar-refractivity contribution in [2.45, 2.75) is 39.2 Å². The zero-order chi connectivity index (χ0) is 13.0. The predicted molar refractivity (Wildman–Crippen MR) is 75.4 cm³/mol. The third-order valence-electron chi connectivity index (χ3n) is 4.25. The van der Waals surface area contributed by atoms with Gasteiger partial charge in [-0.05, 0) is 30.9 Å². The second-order valence-electron chi connectivity index (χ2n) is 5.82. The molecule has 1 aliphatic carbocycles. The Morgan fingerprint density at radius 1 is 1.28 bits per heavy atom. The number of rotatable bonds is 7. The van der Waals surface area contributed by atoms with Crippen LogP contribution in [-0.4, -0.2) is 18.2 Å². The number of aliphatic hydroxyl groups excluding tert-OH is 1. The lowest BCUT2D eigenvalue weighted by molar-refractivity contribution is 0.0913. The van der Waals surface area contributed by atoms with Gasteiger partial charge in [0.1, 0.15) is 0 Å². The van der Waals surface area contributed by atoms with Crippen molar-refractivity contribution >= 4 is 0 Å². The molecular formula is C16H25NO. The quantitative estimate of drug-likeness (QED) is 0.776. The van der Waals surface area contributed by atoms with Crippen molar-refractivity contribution in [1.29, 1.82) is 0 Å². The first kappa shape index (κ1) is 13.6. The third kappa shape index (κ3) is 3.12. The lowest BCUT2D eigenvalue weighted by atomic mass is 9.92. The standard InChI is InChI=1S/C16H25NO/c1-3-13(2)11-17-12-16(9-10-16)15(18)14-7-5-4-6-8-14/h4-8,13,15,17-18H,3,9-12H2,1-2H3. The van der Waals surface area contributed by atoms with E-state index >= 15 is 0 Å². The second kappa shape index (κ2) is 5.85. The Labute approximate surface area is 110 Å². The van der Waals surface area contributed by atoms with Crippen LogP contribution in [0.5, 0.6) is 0 Å². The molecule has 0 radical (unpaired) electrons. The molecule has 0 heterocycles. The fourth-order valence-corrected chi connectivity index (χ4v) is 2.41. The summed E-state index contributed by atoms with van der Waals surface area (Å²) in [5.41, 5.74) is 1.15. The zero-order valence-electron chi connectivity index (χ0n) is 11.5. The van der Waals surface area contributed by atoms with E-state index in [1.165, 1.54) is 6.42 Å². The number of aliphatic hydroxyl groups is 1. The smallest absolute Gasteiger partial charge is 0.0858 e. The van der Waals surface area contributed by atoms with Gasteiger partial charge in [0.15, 0.2) is 0 Å². The maximum Gasteiger partial charge on any atom is 0.0858 e. The van der Waals surface area contributed by atoms with Gasteiger partial charge in [0, 0.05) is 12.0 Å². The molecular weight excluding hydrogens is 222 g/mol. The highest BCUT2D eigenvalue weighted by Crippen LogP contribution is 2.54. The Hall–Kier alpha value is -0.860. The minimum absolute atomic E-state index is 0.0921. The van der Waals surface area contributed by atoms with Gasteiger partial charge in [-0.2, -0.15) is 0 Å². The van der Waals surface area contributed by atoms with Gasteiger partial charge in [-0.3, -0.25) is 0 Å². The Morgan fingerprint density at radius 3 is 2.50 bits per heavy atom. The molecule has 2 heteroatoms. The molecule has 2 rings (SSSR count). The van der Waals surface area contributed by atoms with Crippen LogP contribution in [0.25, 0.3) is 0 Å². The van der Waals surface area contributed by atoms with Crippen molar-refractivity contribution in [2.24, 2.45) is 11.3 Å². The fraction of sp³-hybridized carbons (Fsp3) is 0.625. The first-order valence-electron chi connectivity index (χ1n) is 7.11. The van der Waals surface area contributed by atoms with E-state index in [1.807, 2.05) is 30.3 Å². The lowest BCUT2D eigenvalue weighted by Gasteiger charge is -2.24. The monoisotopic (exact) mass is 247 g/mol. The van der Waals surface area contributed by atoms with E-state index in [4.69, 9.17) is 0 Å². The molecule has 1 aliphatic rings. The average Bonchev–Trinajstić information content (AvgIpc) is 3.20. The molecule has 2 unspecified atom stereocenters. The zero-order valence-corrected chi connectivity index (χ0v) is 11.5. The molecule has 2 atom stereocenters. The van der Waals surface area contributed by atoms with E-state index < -0.39 is 0 Å². The SMILES string of the molecule is CCC(C)CNCC1(C(O)c2ccccc2)CC1. The molecule has 0 spiro atoms. The molecule has 1 saturated carbocycles. The van der Waals surface area contributed by atoms with E-state index in [1.54, 1.807) is 0 Å². The van der Waals surface area contributed by atoms with E-state index in [-0.39, 0.29) is 11.5 Å². The van der Waals surface area contributed by atoms with Crippen molar-refractivity contribution in [1.82, 2.24) is 5.32 Å². The number of benzene rings is 1. The Bertz CT molecular complexity index is 359. The van der Waals surface area contributed by atoms with Gasteiger partial charge in [-0.1, -0.05) is 50.6 Å². The van der Waals surface area contributed by atoms with Gasteiger partial charge in [0.05, 0.1) is 6.10 Å². The van der Waals surface area contributed by atoms with E-state index in [0.29, 0.717) is 0 Å². The first-order valence-corrected chi connectivity index (χ1v) is 7.11. The van der Waals surface area contributed by atoms with Crippen LogP contribution in [0, 0.1) is 11.3 Å². The van der Waals surface area contributed by atoms with Crippen molar-refractivity contribution in [2.75, 3.05) is 13.1 Å². The van der Waals surface area contributed by atoms with Gasteiger partial charge >= 0.3 is 0 Å². The fourth-order valence-electron chi connectivity index (χ4n) is 2.41. The minimum atomic E-state index is -0.317. The number of hydrogen-bond acceptors (Lipinski definition) is 2. The van der Waals surface area contributed by atoms with Gasteiger partial charge in [0.2, 0.25) is 0 Å². The summed E-state index contributed by atoms with van der Waals surface area (Å²) in [5, 5.41) is 14.0. The van der Waals surface area contributed by atoms with Gasteiger partial charge in [0.25, 0.3) is 0 Å². The molecule has 0 bridgehead atoms. The number of hydrogen-bond donors (Lipinski definition) is 2. The van der Waals surface area contributed by atoms with Crippen molar-refractivity contribution < 1.29 is 5.11 Å². The Morgan fingerprint density at radius 2 is 1.94 bits per heavy atom. The van der Waals surface area contributed by atoms with Crippen LogP contribution in [0.2, 0.25) is 0 Å². The molecule has 1 fully saturated rings. The highest BCUT2D eigenvalue weighted by Gasteiger charge is 2.48. The molecule has 100 valence electrons. The molecule has 2 nitrogen and oxygen atoms in total. The van der Waals surface area contributed by atoms with Crippen molar-refractivity contribution in [3.05, 3.63) is 35.9 Å². The minimum Gasteiger partial charge on any atom is -0.388 e. The summed E-state index contributed by atoms with van der Waals surface area (Å²) in [7, 11) is 0. The summed E-state index contributed by atoms with van der Waals surface area (Å²) in [6.45, 7) is 6.48. The normalized spacial score (nSPS) is 20.4. The molecule has 18 heavy (non-hydrogen) atoms. The van der Waals surface area contributed by atoms with E-state index in [0.717, 1.165) is 37.4 Å². The largest absolute Gasteiger partial charge is 0.388 e. The molecule has 0 saturated heterocycles. The van der Waals surface area contributed by atoms with Crippen LogP contribution >= 0.6 is 0 Å². The molecule has 2 N–H and O–H groups in total. The van der Waals surface area contributed by atoms with Crippen LogP contribution in [0.1, 0.15) is 44.8 Å². The average molecular weight is 247 g/mol. The Kier molecular flexibility index (Phi) is 4.41. The van der Waals surface area contributed by atoms with Crippen molar-refractivity contribution in [3.8, 4) is 0 Å². The molecule has 0 amide bonds. The van der Waals surface area contributed by atoms with Crippen LogP contribution in [0.3, 0.4) is 0 Å². The van der Waals surface area contributed by atoms with Gasteiger partial charge in [-0.15, -0.1) is 0 Å². The maximum atomic E-state index is 10.5. The summed E-state index contributed by atoms with van der Waals surface area (Å²) in [4.78, 5) is 0. The molecule has 1 aromatic carbocycles. The van der Waals surface area contributed by atoms with Gasteiger partial charge in [-0.25, -0.2) is 0 Å². The lowest BCUT2D eigenvalue weighted by Crippen LogP contribution is -2.31. The summed E-state index contributed by atoms with van der Waals surface area (Å²) in [5.74, 6) is 0.717. The van der Waals surface area contributed by atoms with E-state index in [9.17, 15) is 5.11 Å². The molecule has 1 aromatic rings. The van der Waals surface area contributed by atoms with Crippen LogP contribution in [0.15, 0.2) is 30.3 Å². The highest BCUT2D eigenvalue weighted by atomic mass is 16.3. The molecule has 0 aromatic heterocycles. The third-order valence-corrected chi connectivity index (χ3v) is 4.25. The van der Waals surface area contributed by atoms with Crippen LogP contribution in [-0.2, 0) is 0 Å². The highest BCUT2D eigenvalue weighted by molar-refractivity contribution is 5.22. The van der Waals surface area contributed by atoms with E-state index in [2.05, 4.69) is 19.2 Å². The summed E-state index contributed by atoms with van der Waals surface area (Å²) in [6, 6.07) is 10.1.